The number of fused-ring (bicyclic) bond motifs is 1. The van der Waals surface area contributed by atoms with E-state index in [1.807, 2.05) is 19.1 Å². The first-order chi connectivity index (χ1) is 12.0. The second-order valence-electron chi connectivity index (χ2n) is 4.88. The van der Waals surface area contributed by atoms with E-state index in [4.69, 9.17) is 23.0 Å². The molecule has 9 heteroatoms. The number of aromatic nitrogens is 2. The fourth-order valence-electron chi connectivity index (χ4n) is 2.17. The molecule has 2 aromatic heterocycles. The Morgan fingerprint density at radius 1 is 1.20 bits per heavy atom. The van der Waals surface area contributed by atoms with Crippen LogP contribution >= 0.6 is 0 Å². The van der Waals surface area contributed by atoms with Crippen molar-refractivity contribution in [1.29, 1.82) is 0 Å². The molecule has 0 radical (unpaired) electrons. The molecule has 0 aliphatic rings. The van der Waals surface area contributed by atoms with Crippen molar-refractivity contribution in [1.82, 2.24) is 9.97 Å². The van der Waals surface area contributed by atoms with E-state index in [9.17, 15) is 4.79 Å². The minimum Gasteiger partial charge on any atom is -0.494 e. The zero-order chi connectivity index (χ0) is 18.4. The van der Waals surface area contributed by atoms with Crippen LogP contribution in [0.5, 0.6) is 17.2 Å². The van der Waals surface area contributed by atoms with Gasteiger partial charge in [0.05, 0.1) is 18.8 Å². The van der Waals surface area contributed by atoms with E-state index in [-0.39, 0.29) is 5.69 Å². The minimum absolute atomic E-state index is 0.0995. The van der Waals surface area contributed by atoms with Gasteiger partial charge in [0.1, 0.15) is 22.9 Å². The molecule has 0 amide bonds. The standard InChI is InChI=1S/C16H14N2O4.O2S/c1-9-3-4-11(8-17-9)22-12-5-10-6-13(16(19)20)18-15(10)14(7-12)21-2;1-3-2/h3-8,18H,1-2H3,(H,19,20);. The Balaban J connectivity index is 0.000000701. The number of aromatic carboxylic acids is 1. The molecule has 3 aromatic rings. The maximum Gasteiger partial charge on any atom is 0.352 e. The lowest BCUT2D eigenvalue weighted by Crippen LogP contribution is -1.95. The first-order valence-corrected chi connectivity index (χ1v) is 7.61. The molecule has 0 atom stereocenters. The summed E-state index contributed by atoms with van der Waals surface area (Å²) in [6.07, 6.45) is 1.63. The number of carboxylic acid groups (broad SMARTS) is 1. The van der Waals surface area contributed by atoms with Crippen molar-refractivity contribution in [2.24, 2.45) is 0 Å². The summed E-state index contributed by atoms with van der Waals surface area (Å²) in [4.78, 5) is 18.1. The SMILES string of the molecule is COc1cc(Oc2ccc(C)nc2)cc2cc(C(=O)O)[nH]c12.O=S=O. The average molecular weight is 362 g/mol. The van der Waals surface area contributed by atoms with E-state index in [1.54, 1.807) is 24.4 Å². The Morgan fingerprint density at radius 2 is 1.92 bits per heavy atom. The number of carboxylic acids is 1. The molecule has 0 aliphatic heterocycles. The van der Waals surface area contributed by atoms with Gasteiger partial charge in [-0.2, -0.15) is 8.42 Å². The number of pyridine rings is 1. The molecule has 0 bridgehead atoms. The topological polar surface area (TPSA) is 119 Å². The Kier molecular flexibility index (Phi) is 5.85. The van der Waals surface area contributed by atoms with Gasteiger partial charge in [0.25, 0.3) is 0 Å². The van der Waals surface area contributed by atoms with Crippen molar-refractivity contribution < 1.29 is 27.8 Å². The summed E-state index contributed by atoms with van der Waals surface area (Å²) in [6, 6.07) is 8.66. The number of ether oxygens (including phenoxy) is 2. The number of benzene rings is 1. The first kappa shape index (κ1) is 18.1. The summed E-state index contributed by atoms with van der Waals surface area (Å²) >= 11 is -0.750. The normalized spacial score (nSPS) is 9.84. The van der Waals surface area contributed by atoms with Gasteiger partial charge in [-0.15, -0.1) is 0 Å². The third-order valence-electron chi connectivity index (χ3n) is 3.24. The van der Waals surface area contributed by atoms with Gasteiger partial charge in [0.2, 0.25) is 0 Å². The van der Waals surface area contributed by atoms with Gasteiger partial charge in [-0.3, -0.25) is 4.98 Å². The molecule has 3 rings (SSSR count). The highest BCUT2D eigenvalue weighted by Crippen LogP contribution is 2.33. The van der Waals surface area contributed by atoms with Crippen molar-refractivity contribution in [3.63, 3.8) is 0 Å². The summed E-state index contributed by atoms with van der Waals surface area (Å²) in [7, 11) is 1.52. The lowest BCUT2D eigenvalue weighted by molar-refractivity contribution is 0.0691. The molecule has 0 unspecified atom stereocenters. The molecular formula is C16H14N2O6S. The van der Waals surface area contributed by atoms with E-state index in [2.05, 4.69) is 9.97 Å². The maximum absolute atomic E-state index is 11.1. The quantitative estimate of drug-likeness (QED) is 0.732. The summed E-state index contributed by atoms with van der Waals surface area (Å²) in [5.41, 5.74) is 1.62. The molecule has 2 N–H and O–H groups in total. The van der Waals surface area contributed by atoms with Crippen LogP contribution in [0.1, 0.15) is 16.2 Å². The van der Waals surface area contributed by atoms with Crippen LogP contribution in [0.15, 0.2) is 36.5 Å². The van der Waals surface area contributed by atoms with E-state index < -0.39 is 17.5 Å². The molecule has 2 heterocycles. The molecule has 25 heavy (non-hydrogen) atoms. The summed E-state index contributed by atoms with van der Waals surface area (Å²) in [5.74, 6) is 0.635. The van der Waals surface area contributed by atoms with E-state index in [1.165, 1.54) is 7.11 Å². The number of aryl methyl sites for hydroxylation is 1. The smallest absolute Gasteiger partial charge is 0.352 e. The van der Waals surface area contributed by atoms with Crippen LogP contribution in [0.25, 0.3) is 10.9 Å². The molecule has 0 spiro atoms. The number of methoxy groups -OCH3 is 1. The predicted molar refractivity (Wildman–Crippen MR) is 89.8 cm³/mol. The summed E-state index contributed by atoms with van der Waals surface area (Å²) in [6.45, 7) is 1.89. The average Bonchev–Trinajstić information content (AvgIpc) is 3.01. The molecule has 0 fully saturated rings. The van der Waals surface area contributed by atoms with Crippen LogP contribution in [0.4, 0.5) is 0 Å². The zero-order valence-corrected chi connectivity index (χ0v) is 14.1. The highest BCUT2D eigenvalue weighted by Gasteiger charge is 2.13. The van der Waals surface area contributed by atoms with Crippen molar-refractivity contribution in [2.45, 2.75) is 6.92 Å². The number of H-pyrrole nitrogens is 1. The Hall–Kier alpha value is -3.20. The lowest BCUT2D eigenvalue weighted by Gasteiger charge is -2.08. The van der Waals surface area contributed by atoms with Crippen LogP contribution in [0.3, 0.4) is 0 Å². The highest BCUT2D eigenvalue weighted by molar-refractivity contribution is 7.51. The third-order valence-corrected chi connectivity index (χ3v) is 3.24. The van der Waals surface area contributed by atoms with Crippen LogP contribution in [-0.4, -0.2) is 36.6 Å². The molecule has 130 valence electrons. The third kappa shape index (κ3) is 4.42. The van der Waals surface area contributed by atoms with Gasteiger partial charge in [0.15, 0.2) is 0 Å². The van der Waals surface area contributed by atoms with Gasteiger partial charge in [-0.1, -0.05) is 0 Å². The van der Waals surface area contributed by atoms with Crippen molar-refractivity contribution in [2.75, 3.05) is 7.11 Å². The Labute approximate surface area is 146 Å². The van der Waals surface area contributed by atoms with Gasteiger partial charge < -0.3 is 19.6 Å². The highest BCUT2D eigenvalue weighted by atomic mass is 32.1. The molecule has 0 aliphatic carbocycles. The maximum atomic E-state index is 11.1. The van der Waals surface area contributed by atoms with Gasteiger partial charge in [-0.25, -0.2) is 4.79 Å². The second kappa shape index (κ2) is 8.06. The Bertz CT molecular complexity index is 930. The first-order valence-electron chi connectivity index (χ1n) is 6.94. The fraction of sp³-hybridized carbons (Fsp3) is 0.125. The Morgan fingerprint density at radius 3 is 2.48 bits per heavy atom. The van der Waals surface area contributed by atoms with Crippen LogP contribution in [0.2, 0.25) is 0 Å². The van der Waals surface area contributed by atoms with Crippen molar-refractivity contribution >= 4 is 28.4 Å². The van der Waals surface area contributed by atoms with E-state index in [0.29, 0.717) is 28.2 Å². The number of hydrogen-bond donors (Lipinski definition) is 2. The summed E-state index contributed by atoms with van der Waals surface area (Å²) < 4.78 is 27.6. The van der Waals surface area contributed by atoms with E-state index >= 15 is 0 Å². The van der Waals surface area contributed by atoms with E-state index in [0.717, 1.165) is 5.69 Å². The van der Waals surface area contributed by atoms with Gasteiger partial charge in [-0.05, 0) is 31.2 Å². The number of nitrogens with zero attached hydrogens (tertiary/aromatic N) is 1. The monoisotopic (exact) mass is 362 g/mol. The van der Waals surface area contributed by atoms with Crippen LogP contribution in [-0.2, 0) is 11.6 Å². The van der Waals surface area contributed by atoms with Gasteiger partial charge in [0, 0.05) is 17.1 Å². The van der Waals surface area contributed by atoms with Crippen LogP contribution < -0.4 is 9.47 Å². The minimum atomic E-state index is -1.02. The number of rotatable bonds is 4. The number of aromatic amines is 1. The summed E-state index contributed by atoms with van der Waals surface area (Å²) in [5, 5.41) is 9.77. The largest absolute Gasteiger partial charge is 0.494 e. The van der Waals surface area contributed by atoms with Gasteiger partial charge >= 0.3 is 17.5 Å². The molecule has 8 nitrogen and oxygen atoms in total. The second-order valence-corrected chi connectivity index (χ2v) is 5.02. The molecular weight excluding hydrogens is 348 g/mol. The van der Waals surface area contributed by atoms with Crippen LogP contribution in [0, 0.1) is 6.92 Å². The molecule has 0 saturated carbocycles. The number of nitrogens with one attached hydrogen (secondary N) is 1. The molecule has 1 aromatic carbocycles. The zero-order valence-electron chi connectivity index (χ0n) is 13.3. The number of carbonyl (C=O) groups is 1. The molecule has 0 saturated heterocycles. The fourth-order valence-corrected chi connectivity index (χ4v) is 2.17. The van der Waals surface area contributed by atoms with Crippen molar-refractivity contribution in [3.05, 3.63) is 47.9 Å². The number of hydrogen-bond acceptors (Lipinski definition) is 6. The lowest BCUT2D eigenvalue weighted by atomic mass is 10.2. The predicted octanol–water partition coefficient (Wildman–Crippen LogP) is 2.70. The van der Waals surface area contributed by atoms with Crippen molar-refractivity contribution in [3.8, 4) is 17.2 Å².